The second-order valence-electron chi connectivity index (χ2n) is 6.87. The third kappa shape index (κ3) is 4.64. The number of nitrogens with one attached hydrogen (secondary N) is 2. The number of H-pyrrole nitrogens is 1. The molecule has 8 heteroatoms. The fourth-order valence-electron chi connectivity index (χ4n) is 3.50. The Kier molecular flexibility index (Phi) is 5.73. The Morgan fingerprint density at radius 3 is 2.93 bits per heavy atom. The maximum atomic E-state index is 12.4. The van der Waals surface area contributed by atoms with Crippen molar-refractivity contribution in [3.8, 4) is 0 Å². The highest BCUT2D eigenvalue weighted by molar-refractivity contribution is 5.91. The summed E-state index contributed by atoms with van der Waals surface area (Å²) in [5, 5.41) is 3.01. The topological polar surface area (TPSA) is 108 Å². The molecule has 0 aromatic carbocycles. The van der Waals surface area contributed by atoms with Crippen molar-refractivity contribution in [2.24, 2.45) is 0 Å². The minimum Gasteiger partial charge on any atom is -0.459 e. The maximum Gasteiger partial charge on any atom is 0.345 e. The van der Waals surface area contributed by atoms with E-state index in [1.807, 2.05) is 6.92 Å². The summed E-state index contributed by atoms with van der Waals surface area (Å²) in [6.07, 6.45) is 3.96. The molecule has 2 N–H and O–H groups in total. The van der Waals surface area contributed by atoms with Gasteiger partial charge in [-0.2, -0.15) is 4.98 Å². The summed E-state index contributed by atoms with van der Waals surface area (Å²) in [6.45, 7) is 4.72. The van der Waals surface area contributed by atoms with Crippen molar-refractivity contribution < 1.29 is 14.0 Å². The standard InChI is InChI=1S/C19H24N4O4/c1-12-15(13(2)21-19(26)20-12)7-8-17(24)22-14-5-3-9-23(11-14)18(25)16-6-4-10-27-16/h4,6,10,14H,3,5,7-9,11H2,1-2H3,(H,22,24)(H,20,21,26). The Morgan fingerprint density at radius 1 is 1.41 bits per heavy atom. The number of furan rings is 1. The van der Waals surface area contributed by atoms with Crippen molar-refractivity contribution in [2.45, 2.75) is 45.6 Å². The molecular formula is C19H24N4O4. The monoisotopic (exact) mass is 372 g/mol. The molecule has 27 heavy (non-hydrogen) atoms. The van der Waals surface area contributed by atoms with E-state index in [0.717, 1.165) is 24.1 Å². The van der Waals surface area contributed by atoms with E-state index in [-0.39, 0.29) is 23.5 Å². The van der Waals surface area contributed by atoms with Crippen molar-refractivity contribution in [1.82, 2.24) is 20.2 Å². The maximum absolute atomic E-state index is 12.4. The predicted molar refractivity (Wildman–Crippen MR) is 98.4 cm³/mol. The Bertz CT molecular complexity index is 846. The van der Waals surface area contributed by atoms with E-state index >= 15 is 0 Å². The largest absolute Gasteiger partial charge is 0.459 e. The second kappa shape index (κ2) is 8.20. The SMILES string of the molecule is Cc1nc(=O)[nH]c(C)c1CCC(=O)NC1CCCN(C(=O)c2ccco2)C1. The number of aryl methyl sites for hydroxylation is 2. The van der Waals surface area contributed by atoms with Gasteiger partial charge < -0.3 is 19.6 Å². The zero-order chi connectivity index (χ0) is 19.4. The number of nitrogens with zero attached hydrogens (tertiary/aromatic N) is 2. The molecule has 144 valence electrons. The van der Waals surface area contributed by atoms with Gasteiger partial charge >= 0.3 is 5.69 Å². The summed E-state index contributed by atoms with van der Waals surface area (Å²) in [5.74, 6) is 0.0975. The molecule has 1 atom stereocenters. The van der Waals surface area contributed by atoms with E-state index < -0.39 is 0 Å². The molecule has 3 rings (SSSR count). The number of aromatic amines is 1. The van der Waals surface area contributed by atoms with E-state index in [1.165, 1.54) is 6.26 Å². The minimum absolute atomic E-state index is 0.0685. The summed E-state index contributed by atoms with van der Waals surface area (Å²) in [5.41, 5.74) is 1.91. The molecule has 2 amide bonds. The second-order valence-corrected chi connectivity index (χ2v) is 6.87. The Hall–Kier alpha value is -2.90. The number of piperidine rings is 1. The molecule has 2 aromatic heterocycles. The van der Waals surface area contributed by atoms with E-state index in [2.05, 4.69) is 15.3 Å². The summed E-state index contributed by atoms with van der Waals surface area (Å²) in [7, 11) is 0. The molecule has 8 nitrogen and oxygen atoms in total. The summed E-state index contributed by atoms with van der Waals surface area (Å²) in [6, 6.07) is 3.26. The van der Waals surface area contributed by atoms with Crippen LogP contribution in [0.3, 0.4) is 0 Å². The van der Waals surface area contributed by atoms with Crippen LogP contribution in [0, 0.1) is 13.8 Å². The number of carbonyl (C=O) groups is 2. The van der Waals surface area contributed by atoms with Crippen molar-refractivity contribution in [2.75, 3.05) is 13.1 Å². The van der Waals surface area contributed by atoms with Gasteiger partial charge in [-0.1, -0.05) is 0 Å². The molecule has 1 aliphatic rings. The molecular weight excluding hydrogens is 348 g/mol. The molecule has 0 radical (unpaired) electrons. The van der Waals surface area contributed by atoms with Crippen molar-refractivity contribution in [1.29, 1.82) is 0 Å². The van der Waals surface area contributed by atoms with Gasteiger partial charge in [-0.25, -0.2) is 4.79 Å². The summed E-state index contributed by atoms with van der Waals surface area (Å²) < 4.78 is 5.17. The Labute approximate surface area is 157 Å². The molecule has 0 spiro atoms. The van der Waals surface area contributed by atoms with Crippen LogP contribution in [-0.2, 0) is 11.2 Å². The number of hydrogen-bond donors (Lipinski definition) is 2. The van der Waals surface area contributed by atoms with E-state index in [0.29, 0.717) is 37.4 Å². The lowest BCUT2D eigenvalue weighted by molar-refractivity contribution is -0.122. The van der Waals surface area contributed by atoms with E-state index in [9.17, 15) is 14.4 Å². The van der Waals surface area contributed by atoms with Crippen LogP contribution in [-0.4, -0.2) is 45.8 Å². The van der Waals surface area contributed by atoms with E-state index in [4.69, 9.17) is 4.42 Å². The zero-order valence-electron chi connectivity index (χ0n) is 15.6. The number of amides is 2. The third-order valence-electron chi connectivity index (χ3n) is 4.86. The predicted octanol–water partition coefficient (Wildman–Crippen LogP) is 1.33. The highest BCUT2D eigenvalue weighted by atomic mass is 16.3. The molecule has 1 aliphatic heterocycles. The zero-order valence-corrected chi connectivity index (χ0v) is 15.6. The first-order chi connectivity index (χ1) is 12.9. The average Bonchev–Trinajstić information content (AvgIpc) is 3.15. The van der Waals surface area contributed by atoms with Crippen LogP contribution in [0.2, 0.25) is 0 Å². The number of rotatable bonds is 5. The summed E-state index contributed by atoms with van der Waals surface area (Å²) >= 11 is 0. The van der Waals surface area contributed by atoms with Crippen molar-refractivity contribution in [3.63, 3.8) is 0 Å². The third-order valence-corrected chi connectivity index (χ3v) is 4.86. The smallest absolute Gasteiger partial charge is 0.345 e. The average molecular weight is 372 g/mol. The Balaban J connectivity index is 1.53. The lowest BCUT2D eigenvalue weighted by atomic mass is 10.0. The number of likely N-dealkylation sites (tertiary alicyclic amines) is 1. The number of aromatic nitrogens is 2. The van der Waals surface area contributed by atoms with Crippen LogP contribution >= 0.6 is 0 Å². The van der Waals surface area contributed by atoms with Crippen LogP contribution in [0.4, 0.5) is 0 Å². The van der Waals surface area contributed by atoms with Crippen LogP contribution in [0.25, 0.3) is 0 Å². The first-order valence-corrected chi connectivity index (χ1v) is 9.12. The normalized spacial score (nSPS) is 17.0. The molecule has 1 fully saturated rings. The van der Waals surface area contributed by atoms with E-state index in [1.54, 1.807) is 24.0 Å². The van der Waals surface area contributed by atoms with Crippen LogP contribution in [0.15, 0.2) is 27.6 Å². The fourth-order valence-corrected chi connectivity index (χ4v) is 3.50. The van der Waals surface area contributed by atoms with Crippen LogP contribution in [0.1, 0.15) is 46.8 Å². The first-order valence-electron chi connectivity index (χ1n) is 9.12. The van der Waals surface area contributed by atoms with Gasteiger partial charge in [0.25, 0.3) is 5.91 Å². The molecule has 1 unspecified atom stereocenters. The molecule has 0 bridgehead atoms. The highest BCUT2D eigenvalue weighted by Crippen LogP contribution is 2.15. The number of carbonyl (C=O) groups excluding carboxylic acids is 2. The van der Waals surface area contributed by atoms with Gasteiger partial charge in [-0.15, -0.1) is 0 Å². The lowest BCUT2D eigenvalue weighted by Gasteiger charge is -2.32. The summed E-state index contributed by atoms with van der Waals surface area (Å²) in [4.78, 5) is 44.4. The van der Waals surface area contributed by atoms with Gasteiger partial charge in [0.1, 0.15) is 0 Å². The van der Waals surface area contributed by atoms with Gasteiger partial charge in [0.2, 0.25) is 5.91 Å². The highest BCUT2D eigenvalue weighted by Gasteiger charge is 2.26. The molecule has 3 heterocycles. The van der Waals surface area contributed by atoms with Crippen molar-refractivity contribution in [3.05, 3.63) is 51.6 Å². The molecule has 2 aromatic rings. The van der Waals surface area contributed by atoms with Gasteiger partial charge in [-0.3, -0.25) is 9.59 Å². The molecule has 0 aliphatic carbocycles. The first kappa shape index (κ1) is 18.9. The van der Waals surface area contributed by atoms with Gasteiger partial charge in [0.05, 0.1) is 6.26 Å². The fraction of sp³-hybridized carbons (Fsp3) is 0.474. The van der Waals surface area contributed by atoms with Gasteiger partial charge in [0.15, 0.2) is 5.76 Å². The number of hydrogen-bond acceptors (Lipinski definition) is 5. The van der Waals surface area contributed by atoms with Gasteiger partial charge in [0, 0.05) is 36.9 Å². The Morgan fingerprint density at radius 2 is 2.22 bits per heavy atom. The minimum atomic E-state index is -0.373. The van der Waals surface area contributed by atoms with Gasteiger partial charge in [-0.05, 0) is 50.8 Å². The molecule has 1 saturated heterocycles. The van der Waals surface area contributed by atoms with Crippen LogP contribution < -0.4 is 11.0 Å². The quantitative estimate of drug-likeness (QED) is 0.823. The molecule has 0 saturated carbocycles. The lowest BCUT2D eigenvalue weighted by Crippen LogP contribution is -2.49. The van der Waals surface area contributed by atoms with Crippen LogP contribution in [0.5, 0.6) is 0 Å². The van der Waals surface area contributed by atoms with Crippen molar-refractivity contribution >= 4 is 11.8 Å².